The number of benzene rings is 4. The zero-order valence-corrected chi connectivity index (χ0v) is 19.9. The number of nitrogens with zero attached hydrogens (tertiary/aromatic N) is 2. The lowest BCUT2D eigenvalue weighted by molar-refractivity contribution is 0.0764. The van der Waals surface area contributed by atoms with Gasteiger partial charge in [0.05, 0.1) is 21.7 Å². The molecule has 5 heteroatoms. The second kappa shape index (κ2) is 7.24. The van der Waals surface area contributed by atoms with Crippen LogP contribution in [0.5, 0.6) is 5.75 Å². The number of fused-ring (bicyclic) bond motifs is 4. The highest BCUT2D eigenvalue weighted by Gasteiger charge is 2.59. The Labute approximate surface area is 203 Å². The molecule has 6 rings (SSSR count). The van der Waals surface area contributed by atoms with Crippen molar-refractivity contribution in [3.8, 4) is 5.75 Å². The Morgan fingerprint density at radius 2 is 1.67 bits per heavy atom. The fraction of sp³-hybridized carbons (Fsp3) is 0.179. The smallest absolute Gasteiger partial charge is 0.229 e. The summed E-state index contributed by atoms with van der Waals surface area (Å²) in [5, 5.41) is 3.33. The molecule has 3 nitrogen and oxygen atoms in total. The third kappa shape index (κ3) is 2.92. The molecule has 1 atom stereocenters. The van der Waals surface area contributed by atoms with E-state index in [1.165, 1.54) is 5.56 Å². The first-order valence-corrected chi connectivity index (χ1v) is 11.7. The molecule has 0 radical (unpaired) electrons. The fourth-order valence-electron chi connectivity index (χ4n) is 5.18. The molecular weight excluding hydrogens is 451 g/mol. The molecule has 0 fully saturated rings. The second-order valence-corrected chi connectivity index (χ2v) is 9.98. The summed E-state index contributed by atoms with van der Waals surface area (Å²) < 4.78 is 6.94. The van der Waals surface area contributed by atoms with Crippen LogP contribution in [0.15, 0.2) is 83.9 Å². The zero-order valence-electron chi connectivity index (χ0n) is 18.3. The van der Waals surface area contributed by atoms with E-state index in [0.29, 0.717) is 16.6 Å². The van der Waals surface area contributed by atoms with Crippen LogP contribution in [0, 0.1) is 0 Å². The number of halogens is 2. The van der Waals surface area contributed by atoms with E-state index < -0.39 is 5.72 Å². The third-order valence-corrected chi connectivity index (χ3v) is 7.73. The second-order valence-electron chi connectivity index (χ2n) is 9.17. The Morgan fingerprint density at radius 3 is 2.52 bits per heavy atom. The van der Waals surface area contributed by atoms with Gasteiger partial charge in [-0.05, 0) is 54.6 Å². The van der Waals surface area contributed by atoms with Gasteiger partial charge in [-0.1, -0.05) is 77.8 Å². The van der Waals surface area contributed by atoms with Crippen LogP contribution in [0.25, 0.3) is 10.8 Å². The van der Waals surface area contributed by atoms with Crippen molar-refractivity contribution >= 4 is 51.6 Å². The van der Waals surface area contributed by atoms with Crippen LogP contribution in [0.3, 0.4) is 0 Å². The highest BCUT2D eigenvalue weighted by Crippen LogP contribution is 2.55. The number of para-hydroxylation sites is 1. The molecule has 1 unspecified atom stereocenters. The number of anilines is 1. The van der Waals surface area contributed by atoms with Crippen molar-refractivity contribution in [2.24, 2.45) is 4.99 Å². The quantitative estimate of drug-likeness (QED) is 0.295. The predicted molar refractivity (Wildman–Crippen MR) is 138 cm³/mol. The van der Waals surface area contributed by atoms with Crippen molar-refractivity contribution in [2.45, 2.75) is 31.5 Å². The summed E-state index contributed by atoms with van der Waals surface area (Å²) in [6.07, 6.45) is 1.99. The van der Waals surface area contributed by atoms with Crippen LogP contribution in [0.1, 0.15) is 25.0 Å². The molecule has 4 aromatic rings. The topological polar surface area (TPSA) is 24.8 Å². The number of hydrogen-bond donors (Lipinski definition) is 0. The van der Waals surface area contributed by atoms with Gasteiger partial charge >= 0.3 is 0 Å². The highest BCUT2D eigenvalue weighted by atomic mass is 35.5. The average molecular weight is 473 g/mol. The van der Waals surface area contributed by atoms with Gasteiger partial charge in [-0.25, -0.2) is 0 Å². The molecule has 33 heavy (non-hydrogen) atoms. The summed E-state index contributed by atoms with van der Waals surface area (Å²) >= 11 is 12.5. The first kappa shape index (κ1) is 20.6. The summed E-state index contributed by atoms with van der Waals surface area (Å²) in [4.78, 5) is 7.31. The molecule has 0 N–H and O–H groups in total. The summed E-state index contributed by atoms with van der Waals surface area (Å²) in [6, 6.07) is 26.7. The Balaban J connectivity index is 1.52. The van der Waals surface area contributed by atoms with Crippen LogP contribution < -0.4 is 9.64 Å². The minimum atomic E-state index is -0.793. The van der Waals surface area contributed by atoms with Gasteiger partial charge in [0, 0.05) is 17.6 Å². The van der Waals surface area contributed by atoms with E-state index >= 15 is 0 Å². The van der Waals surface area contributed by atoms with Gasteiger partial charge in [0.2, 0.25) is 5.72 Å². The molecule has 0 aliphatic carbocycles. The van der Waals surface area contributed by atoms with Crippen molar-refractivity contribution in [1.82, 2.24) is 0 Å². The van der Waals surface area contributed by atoms with E-state index in [9.17, 15) is 0 Å². The molecule has 1 spiro atoms. The third-order valence-electron chi connectivity index (χ3n) is 6.99. The molecule has 0 saturated heterocycles. The van der Waals surface area contributed by atoms with E-state index in [0.717, 1.165) is 33.5 Å². The molecule has 0 aromatic heterocycles. The Kier molecular flexibility index (Phi) is 4.52. The Bertz CT molecular complexity index is 1450. The van der Waals surface area contributed by atoms with Gasteiger partial charge in [-0.2, -0.15) is 0 Å². The van der Waals surface area contributed by atoms with Crippen LogP contribution in [-0.2, 0) is 12.0 Å². The van der Waals surface area contributed by atoms with Gasteiger partial charge in [0.1, 0.15) is 11.4 Å². The van der Waals surface area contributed by atoms with E-state index in [4.69, 9.17) is 32.9 Å². The normalized spacial score (nSPS) is 20.1. The molecule has 2 heterocycles. The van der Waals surface area contributed by atoms with Crippen molar-refractivity contribution in [1.29, 1.82) is 0 Å². The van der Waals surface area contributed by atoms with E-state index in [-0.39, 0.29) is 5.41 Å². The fourth-order valence-corrected chi connectivity index (χ4v) is 5.50. The average Bonchev–Trinajstić information content (AvgIpc) is 3.00. The van der Waals surface area contributed by atoms with Gasteiger partial charge in [-0.15, -0.1) is 0 Å². The SMILES string of the molecule is CC1(C)c2ccccc2N(Cc2ccc(Cl)c(Cl)c2)C12C=Nc1c(ccc3ccccc13)O2. The molecule has 2 aliphatic heterocycles. The van der Waals surface area contributed by atoms with Crippen LogP contribution in [-0.4, -0.2) is 11.9 Å². The van der Waals surface area contributed by atoms with Gasteiger partial charge in [0.25, 0.3) is 0 Å². The maximum atomic E-state index is 6.94. The van der Waals surface area contributed by atoms with Crippen LogP contribution in [0.4, 0.5) is 11.4 Å². The summed E-state index contributed by atoms with van der Waals surface area (Å²) in [6.45, 7) is 5.05. The number of aliphatic imine (C=N–C) groups is 1. The largest absolute Gasteiger partial charge is 0.459 e. The van der Waals surface area contributed by atoms with E-state index in [2.05, 4.69) is 61.2 Å². The number of hydrogen-bond acceptors (Lipinski definition) is 3. The molecule has 2 aliphatic rings. The molecular formula is C28H22Cl2N2O. The minimum Gasteiger partial charge on any atom is -0.459 e. The Morgan fingerprint density at radius 1 is 0.879 bits per heavy atom. The summed E-state index contributed by atoms with van der Waals surface area (Å²) in [7, 11) is 0. The molecule has 164 valence electrons. The summed E-state index contributed by atoms with van der Waals surface area (Å²) in [5.74, 6) is 0.788. The number of ether oxygens (including phenoxy) is 1. The zero-order chi connectivity index (χ0) is 22.8. The first-order valence-electron chi connectivity index (χ1n) is 11.0. The Hall–Kier alpha value is -3.01. The molecule has 0 amide bonds. The highest BCUT2D eigenvalue weighted by molar-refractivity contribution is 6.42. The standard InChI is InChI=1S/C28H22Cl2N2O/c1-27(2)21-9-5-6-10-24(21)32(16-18-11-13-22(29)23(30)15-18)28(27)17-31-26-20-8-4-3-7-19(20)12-14-25(26)33-28/h3-15,17H,16H2,1-2H3. The lowest BCUT2D eigenvalue weighted by atomic mass is 9.77. The van der Waals surface area contributed by atoms with Gasteiger partial charge in [0.15, 0.2) is 0 Å². The van der Waals surface area contributed by atoms with E-state index in [1.807, 2.05) is 42.6 Å². The van der Waals surface area contributed by atoms with Crippen molar-refractivity contribution in [2.75, 3.05) is 4.90 Å². The molecule has 0 bridgehead atoms. The van der Waals surface area contributed by atoms with Gasteiger partial charge < -0.3 is 9.64 Å². The van der Waals surface area contributed by atoms with E-state index in [1.54, 1.807) is 0 Å². The van der Waals surface area contributed by atoms with Gasteiger partial charge in [-0.3, -0.25) is 4.99 Å². The molecule has 4 aromatic carbocycles. The van der Waals surface area contributed by atoms with Crippen molar-refractivity contribution in [3.05, 3.63) is 100 Å². The van der Waals surface area contributed by atoms with Crippen molar-refractivity contribution in [3.63, 3.8) is 0 Å². The predicted octanol–water partition coefficient (Wildman–Crippen LogP) is 7.94. The molecule has 0 saturated carbocycles. The monoisotopic (exact) mass is 472 g/mol. The first-order chi connectivity index (χ1) is 15.9. The summed E-state index contributed by atoms with van der Waals surface area (Å²) in [5.41, 5.74) is 3.13. The van der Waals surface area contributed by atoms with Crippen LogP contribution >= 0.6 is 23.2 Å². The maximum absolute atomic E-state index is 6.94. The lowest BCUT2D eigenvalue weighted by Gasteiger charge is -2.46. The number of rotatable bonds is 2. The lowest BCUT2D eigenvalue weighted by Crippen LogP contribution is -2.61. The van der Waals surface area contributed by atoms with Crippen LogP contribution in [0.2, 0.25) is 10.0 Å². The maximum Gasteiger partial charge on any atom is 0.229 e. The van der Waals surface area contributed by atoms with Crippen molar-refractivity contribution < 1.29 is 4.74 Å². The minimum absolute atomic E-state index is 0.355.